The first-order chi connectivity index (χ1) is 47.9. The van der Waals surface area contributed by atoms with Gasteiger partial charge < -0.3 is 59.5 Å². The number of rotatable bonds is 8. The van der Waals surface area contributed by atoms with E-state index in [2.05, 4.69) is 106 Å². The molecule has 6 aliphatic heterocycles. The van der Waals surface area contributed by atoms with Crippen molar-refractivity contribution in [1.82, 2.24) is 14.9 Å². The molecule has 4 saturated carbocycles. The molecule has 7 N–H and O–H groups in total. The van der Waals surface area contributed by atoms with E-state index < -0.39 is 35.0 Å². The molecular weight excluding hydrogens is 1240 g/mol. The number of aromatic nitrogens is 2. The van der Waals surface area contributed by atoms with Gasteiger partial charge in [0.15, 0.2) is 11.5 Å². The van der Waals surface area contributed by atoms with Crippen LogP contribution in [0, 0.1) is 57.2 Å². The molecule has 4 aromatic carbocycles. The molecule has 516 valence electrons. The summed E-state index contributed by atoms with van der Waals surface area (Å²) in [5, 5.41) is 65.9. The molecule has 19 rings (SSSR count). The van der Waals surface area contributed by atoms with Crippen molar-refractivity contribution in [3.63, 3.8) is 0 Å². The topological polar surface area (TPSA) is 216 Å². The molecule has 2 aromatic heterocycles. The lowest BCUT2D eigenvalue weighted by Crippen LogP contribution is -2.37. The number of esters is 1. The number of aromatic amines is 1. The quantitative estimate of drug-likeness (QED) is 0.0558. The van der Waals surface area contributed by atoms with Gasteiger partial charge in [0.25, 0.3) is 0 Å². The highest BCUT2D eigenvalue weighted by Gasteiger charge is 2.60. The molecule has 6 aromatic rings. The number of anilines is 1. The summed E-state index contributed by atoms with van der Waals surface area (Å²) in [6.07, 6.45) is 31.5. The second-order valence-corrected chi connectivity index (χ2v) is 31.8. The van der Waals surface area contributed by atoms with Crippen LogP contribution in [0.1, 0.15) is 199 Å². The highest BCUT2D eigenvalue weighted by Crippen LogP contribution is 2.70. The Labute approximate surface area is 580 Å². The molecule has 7 aliphatic carbocycles. The third-order valence-corrected chi connectivity index (χ3v) is 26.0. The number of aromatic hydroxyl groups is 3. The summed E-state index contributed by atoms with van der Waals surface area (Å²) in [4.78, 5) is 50.0. The maximum Gasteiger partial charge on any atom is 0.302 e. The van der Waals surface area contributed by atoms with Gasteiger partial charge in [0.1, 0.15) is 40.7 Å². The van der Waals surface area contributed by atoms with E-state index in [-0.39, 0.29) is 113 Å². The lowest BCUT2D eigenvalue weighted by molar-refractivity contribution is -0.148. The van der Waals surface area contributed by atoms with E-state index in [9.17, 15) is 35.1 Å². The van der Waals surface area contributed by atoms with E-state index in [4.69, 9.17) is 14.2 Å². The second-order valence-electron chi connectivity index (χ2n) is 31.8. The Hall–Kier alpha value is -8.45. The lowest BCUT2D eigenvalue weighted by Gasteiger charge is -2.44. The SMILES string of the molecule is COc1cc2cc(O)c1Oc1cc(O)cc(c1)CC1CCC3(CCC4(CCC5(Cc6c7c(ccc8c7cn6C2CC(=O)CC(OC(C)=O)CCC26Cc7c[nH]cc7C(C#CCC2=CC=CC6C)C(c2cccc(O)c2)C2=CCNC(=C2)N8CCC(=O)C2CCCC2)C5O)C4)C3)CC1CO. The van der Waals surface area contributed by atoms with Crippen molar-refractivity contribution in [2.75, 3.05) is 31.7 Å². The van der Waals surface area contributed by atoms with Crippen LogP contribution >= 0.6 is 0 Å². The molecule has 99 heavy (non-hydrogen) atoms. The van der Waals surface area contributed by atoms with Gasteiger partial charge in [0, 0.05) is 116 Å². The lowest BCUT2D eigenvalue weighted by atomic mass is 9.61. The minimum Gasteiger partial charge on any atom is -0.508 e. The standard InChI is InChI=1S/C84H94N4O11/c1-50-9-6-13-60-14-8-16-66-68-45-85-44-58(68)42-84(50,60)24-20-64(98-51(2)90)38-63(93)40-71-57-35-74(95)79(75(36-57)97-3)99-65-33-52(32-62(92)39-65)31-54-19-23-81(41-59(54)47-89)25-26-82(48-81)27-28-83(49-82)43-72-78-67(80(83)96)17-18-70(69(78)46-88(71)72)87(30-22-73(94)53-10-4-5-11-53)76-37-56(21-29-86-76)77(66)55-12-7-15-61(91)34-55/h6-7,9,12-13,15,17-18,21,32-37,39,44-46,50,53-54,59,64,66,71,77,80,85-86,89,91-92,95-96H,4-5,10-11,14,19-20,22-31,38,40-43,47-49H2,1-3H3. The van der Waals surface area contributed by atoms with Crippen LogP contribution in [0.5, 0.6) is 34.5 Å². The number of aliphatic hydroxyl groups is 2. The first-order valence-corrected chi connectivity index (χ1v) is 36.7. The number of nitrogens with one attached hydrogen (secondary N) is 2. The predicted molar refractivity (Wildman–Crippen MR) is 380 cm³/mol. The van der Waals surface area contributed by atoms with Gasteiger partial charge >= 0.3 is 5.97 Å². The molecule has 0 amide bonds. The van der Waals surface area contributed by atoms with Crippen LogP contribution < -0.4 is 19.7 Å². The third-order valence-electron chi connectivity index (χ3n) is 26.0. The zero-order valence-electron chi connectivity index (χ0n) is 57.4. The summed E-state index contributed by atoms with van der Waals surface area (Å²) in [5.41, 5.74) is 8.20. The molecule has 15 bridgehead atoms. The largest absolute Gasteiger partial charge is 0.508 e. The van der Waals surface area contributed by atoms with Crippen molar-refractivity contribution in [1.29, 1.82) is 0 Å². The number of methoxy groups -OCH3 is 1. The first kappa shape index (κ1) is 65.2. The number of ether oxygens (including phenoxy) is 3. The molecule has 13 aliphatic rings. The van der Waals surface area contributed by atoms with Crippen molar-refractivity contribution in [3.05, 3.63) is 172 Å². The van der Waals surface area contributed by atoms with Crippen molar-refractivity contribution >= 4 is 34.0 Å². The van der Waals surface area contributed by atoms with Gasteiger partial charge in [-0.3, -0.25) is 14.4 Å². The third kappa shape index (κ3) is 11.8. The number of H-pyrrole nitrogens is 1. The number of hydrogen-bond acceptors (Lipinski definition) is 13. The second kappa shape index (κ2) is 25.6. The molecule has 15 nitrogen and oxygen atoms in total. The minimum atomic E-state index is -0.840. The number of carbonyl (C=O) groups excluding carboxylic acids is 3. The molecule has 12 unspecified atom stereocenters. The van der Waals surface area contributed by atoms with Gasteiger partial charge in [-0.25, -0.2) is 0 Å². The van der Waals surface area contributed by atoms with Crippen molar-refractivity contribution in [3.8, 4) is 46.3 Å². The summed E-state index contributed by atoms with van der Waals surface area (Å²) in [6, 6.07) is 19.7. The first-order valence-electron chi connectivity index (χ1n) is 36.7. The maximum atomic E-state index is 16.0. The molecule has 4 spiro atoms. The number of benzene rings is 4. The van der Waals surface area contributed by atoms with Crippen molar-refractivity contribution in [2.45, 2.75) is 185 Å². The van der Waals surface area contributed by atoms with Crippen molar-refractivity contribution in [2.24, 2.45) is 45.3 Å². The van der Waals surface area contributed by atoms with Gasteiger partial charge in [0.05, 0.1) is 30.9 Å². The number of phenols is 3. The Morgan fingerprint density at radius 2 is 1.71 bits per heavy atom. The summed E-state index contributed by atoms with van der Waals surface area (Å²) in [7, 11) is 1.52. The van der Waals surface area contributed by atoms with E-state index in [0.29, 0.717) is 62.9 Å². The van der Waals surface area contributed by atoms with Crippen LogP contribution in [0.3, 0.4) is 0 Å². The van der Waals surface area contributed by atoms with E-state index in [1.807, 2.05) is 24.3 Å². The average molecular weight is 1340 g/mol. The number of dihydropyridines is 1. The smallest absolute Gasteiger partial charge is 0.302 e. The van der Waals surface area contributed by atoms with Gasteiger partial charge in [-0.15, -0.1) is 0 Å². The van der Waals surface area contributed by atoms with Crippen LogP contribution in [0.25, 0.3) is 10.8 Å². The van der Waals surface area contributed by atoms with Gasteiger partial charge in [-0.05, 0) is 219 Å². The monoisotopic (exact) mass is 1330 g/mol. The summed E-state index contributed by atoms with van der Waals surface area (Å²) < 4.78 is 21.4. The van der Waals surface area contributed by atoms with Gasteiger partial charge in [0.2, 0.25) is 5.75 Å². The zero-order chi connectivity index (χ0) is 68.1. The molecule has 4 fully saturated rings. The Bertz CT molecular complexity index is 4420. The van der Waals surface area contributed by atoms with Crippen LogP contribution in [0.15, 0.2) is 133 Å². The normalized spacial score (nSPS) is 30.9. The summed E-state index contributed by atoms with van der Waals surface area (Å²) in [6.45, 7) is 4.52. The van der Waals surface area contributed by atoms with Gasteiger partial charge in [-0.1, -0.05) is 79.7 Å². The number of phenolic OH excluding ortho intramolecular Hbond substituents is 3. The fourth-order valence-corrected chi connectivity index (χ4v) is 21.3. The molecule has 0 radical (unpaired) electrons. The Balaban J connectivity index is 0.926. The van der Waals surface area contributed by atoms with E-state index in [1.165, 1.54) is 25.7 Å². The van der Waals surface area contributed by atoms with Crippen molar-refractivity contribution < 1.29 is 54.1 Å². The number of allylic oxidation sites excluding steroid dienone is 6. The number of aliphatic hydroxyl groups excluding tert-OH is 2. The molecule has 15 heteroatoms. The number of nitrogens with zero attached hydrogens (tertiary/aromatic N) is 2. The molecule has 12 atom stereocenters. The number of carbonyl (C=O) groups is 3. The highest BCUT2D eigenvalue weighted by atomic mass is 16.5. The fraction of sp³-hybridized carbons (Fsp3) is 0.488. The average Bonchev–Trinajstić information content (AvgIpc) is 1.55. The number of ketones is 2. The number of Topliss-reactive ketones (excluding diaryl/α,β-unsaturated/α-hetero) is 2. The fourth-order valence-electron chi connectivity index (χ4n) is 21.3. The highest BCUT2D eigenvalue weighted by molar-refractivity contribution is 6.01. The number of fused-ring (bicyclic) bond motifs is 1. The predicted octanol–water partition coefficient (Wildman–Crippen LogP) is 15.4. The molecular formula is C84H94N4O11. The van der Waals surface area contributed by atoms with E-state index in [0.717, 1.165) is 145 Å². The summed E-state index contributed by atoms with van der Waals surface area (Å²) >= 11 is 0. The van der Waals surface area contributed by atoms with Crippen LogP contribution in [-0.2, 0) is 38.4 Å². The number of hydrogen-bond donors (Lipinski definition) is 7. The van der Waals surface area contributed by atoms with Gasteiger partial charge in [-0.2, -0.15) is 0 Å². The van der Waals surface area contributed by atoms with Crippen LogP contribution in [0.2, 0.25) is 0 Å². The Morgan fingerprint density at radius 1 is 0.859 bits per heavy atom. The van der Waals surface area contributed by atoms with E-state index >= 15 is 4.79 Å². The molecule has 0 saturated heterocycles. The summed E-state index contributed by atoms with van der Waals surface area (Å²) in [5.74, 6) is 7.95. The Kier molecular flexibility index (Phi) is 16.9. The zero-order valence-corrected chi connectivity index (χ0v) is 57.4. The van der Waals surface area contributed by atoms with Crippen LogP contribution in [0.4, 0.5) is 5.69 Å². The van der Waals surface area contributed by atoms with Crippen LogP contribution in [-0.4, -0.2) is 85.5 Å². The van der Waals surface area contributed by atoms with E-state index in [1.54, 1.807) is 18.2 Å². The Morgan fingerprint density at radius 3 is 2.54 bits per heavy atom. The maximum absolute atomic E-state index is 16.0. The molecule has 8 heterocycles. The minimum absolute atomic E-state index is 0.0160.